The first kappa shape index (κ1) is 12.8. The van der Waals surface area contributed by atoms with Gasteiger partial charge in [-0.15, -0.1) is 0 Å². The highest BCUT2D eigenvalue weighted by Crippen LogP contribution is 2.37. The highest BCUT2D eigenvalue weighted by molar-refractivity contribution is 6.31. The van der Waals surface area contributed by atoms with Crippen LogP contribution in [-0.2, 0) is 4.79 Å². The molecule has 0 saturated carbocycles. The standard InChI is InChI=1S/C14H18ClN3O/c1-2-17-13-7-10(15)3-4-12(13)18-6-5-16-9-11(18)8-14(17)19/h3-4,7,11,16H,2,5-6,8-9H2,1H3. The molecular weight excluding hydrogens is 262 g/mol. The van der Waals surface area contributed by atoms with Crippen LogP contribution in [-0.4, -0.2) is 38.1 Å². The molecule has 1 aromatic rings. The number of hydrogen-bond acceptors (Lipinski definition) is 3. The van der Waals surface area contributed by atoms with E-state index in [4.69, 9.17) is 11.6 Å². The predicted octanol–water partition coefficient (Wildman–Crippen LogP) is 1.87. The van der Waals surface area contributed by atoms with Gasteiger partial charge in [0.25, 0.3) is 0 Å². The quantitative estimate of drug-likeness (QED) is 0.853. The minimum atomic E-state index is 0.183. The van der Waals surface area contributed by atoms with E-state index in [1.807, 2.05) is 30.0 Å². The van der Waals surface area contributed by atoms with Crippen LogP contribution in [0.4, 0.5) is 11.4 Å². The molecule has 1 unspecified atom stereocenters. The van der Waals surface area contributed by atoms with Crippen LogP contribution in [0.2, 0.25) is 5.02 Å². The molecule has 1 aromatic carbocycles. The van der Waals surface area contributed by atoms with Crippen LogP contribution in [0.25, 0.3) is 0 Å². The lowest BCUT2D eigenvalue weighted by Gasteiger charge is -2.36. The Balaban J connectivity index is 2.11. The van der Waals surface area contributed by atoms with Gasteiger partial charge in [0.05, 0.1) is 17.4 Å². The van der Waals surface area contributed by atoms with E-state index in [1.54, 1.807) is 0 Å². The van der Waals surface area contributed by atoms with Crippen LogP contribution in [0.1, 0.15) is 13.3 Å². The molecule has 2 aliphatic heterocycles. The number of nitrogens with one attached hydrogen (secondary N) is 1. The van der Waals surface area contributed by atoms with Gasteiger partial charge in [-0.05, 0) is 25.1 Å². The Morgan fingerprint density at radius 3 is 3.05 bits per heavy atom. The molecule has 3 rings (SSSR count). The van der Waals surface area contributed by atoms with Crippen LogP contribution >= 0.6 is 11.6 Å². The molecule has 1 amide bonds. The molecular formula is C14H18ClN3O. The molecule has 5 heteroatoms. The summed E-state index contributed by atoms with van der Waals surface area (Å²) in [4.78, 5) is 16.6. The van der Waals surface area contributed by atoms with Gasteiger partial charge in [0, 0.05) is 37.6 Å². The summed E-state index contributed by atoms with van der Waals surface area (Å²) in [5.41, 5.74) is 2.08. The van der Waals surface area contributed by atoms with Crippen LogP contribution in [0.3, 0.4) is 0 Å². The normalized spacial score (nSPS) is 22.8. The summed E-state index contributed by atoms with van der Waals surface area (Å²) in [5, 5.41) is 4.05. The number of fused-ring (bicyclic) bond motifs is 3. The van der Waals surface area contributed by atoms with Crippen molar-refractivity contribution in [1.29, 1.82) is 0 Å². The smallest absolute Gasteiger partial charge is 0.229 e. The maximum Gasteiger partial charge on any atom is 0.229 e. The Labute approximate surface area is 118 Å². The highest BCUT2D eigenvalue weighted by atomic mass is 35.5. The van der Waals surface area contributed by atoms with Gasteiger partial charge in [-0.2, -0.15) is 0 Å². The molecule has 0 spiro atoms. The monoisotopic (exact) mass is 279 g/mol. The minimum Gasteiger partial charge on any atom is -0.364 e. The number of anilines is 2. The van der Waals surface area contributed by atoms with E-state index < -0.39 is 0 Å². The fourth-order valence-corrected chi connectivity index (χ4v) is 3.18. The fourth-order valence-electron chi connectivity index (χ4n) is 3.01. The van der Waals surface area contributed by atoms with E-state index >= 15 is 0 Å². The van der Waals surface area contributed by atoms with Gasteiger partial charge in [-0.25, -0.2) is 0 Å². The summed E-state index contributed by atoms with van der Waals surface area (Å²) in [7, 11) is 0. The van der Waals surface area contributed by atoms with Crippen molar-refractivity contribution in [2.24, 2.45) is 0 Å². The van der Waals surface area contributed by atoms with Crippen LogP contribution in [0.15, 0.2) is 18.2 Å². The Kier molecular flexibility index (Phi) is 3.37. The second-order valence-corrected chi connectivity index (χ2v) is 5.46. The number of halogens is 1. The van der Waals surface area contributed by atoms with Crippen LogP contribution < -0.4 is 15.1 Å². The van der Waals surface area contributed by atoms with Gasteiger partial charge in [0.1, 0.15) is 0 Å². The molecule has 4 nitrogen and oxygen atoms in total. The fraction of sp³-hybridized carbons (Fsp3) is 0.500. The summed E-state index contributed by atoms with van der Waals surface area (Å²) in [6.45, 7) is 5.44. The topological polar surface area (TPSA) is 35.6 Å². The van der Waals surface area contributed by atoms with Crippen molar-refractivity contribution < 1.29 is 4.79 Å². The van der Waals surface area contributed by atoms with E-state index in [2.05, 4.69) is 10.2 Å². The van der Waals surface area contributed by atoms with Crippen molar-refractivity contribution in [3.63, 3.8) is 0 Å². The molecule has 2 heterocycles. The molecule has 0 aromatic heterocycles. The predicted molar refractivity (Wildman–Crippen MR) is 78.1 cm³/mol. The first-order valence-electron chi connectivity index (χ1n) is 6.78. The molecule has 1 saturated heterocycles. The number of carbonyl (C=O) groups excluding carboxylic acids is 1. The zero-order chi connectivity index (χ0) is 13.4. The molecule has 1 N–H and O–H groups in total. The number of carbonyl (C=O) groups is 1. The summed E-state index contributed by atoms with van der Waals surface area (Å²) < 4.78 is 0. The largest absolute Gasteiger partial charge is 0.364 e. The van der Waals surface area contributed by atoms with E-state index in [9.17, 15) is 4.79 Å². The van der Waals surface area contributed by atoms with Gasteiger partial charge < -0.3 is 15.1 Å². The van der Waals surface area contributed by atoms with E-state index in [0.717, 1.165) is 31.0 Å². The molecule has 0 radical (unpaired) electrons. The van der Waals surface area contributed by atoms with Crippen molar-refractivity contribution in [3.05, 3.63) is 23.2 Å². The molecule has 19 heavy (non-hydrogen) atoms. The maximum absolute atomic E-state index is 12.4. The summed E-state index contributed by atoms with van der Waals surface area (Å²) in [6, 6.07) is 6.10. The van der Waals surface area contributed by atoms with Crippen molar-refractivity contribution in [2.75, 3.05) is 36.0 Å². The summed E-state index contributed by atoms with van der Waals surface area (Å²) >= 11 is 6.11. The number of nitrogens with zero attached hydrogens (tertiary/aromatic N) is 2. The average Bonchev–Trinajstić information content (AvgIpc) is 2.51. The van der Waals surface area contributed by atoms with Gasteiger partial charge in [0.15, 0.2) is 0 Å². The van der Waals surface area contributed by atoms with E-state index in [1.165, 1.54) is 0 Å². The van der Waals surface area contributed by atoms with Crippen molar-refractivity contribution in [1.82, 2.24) is 5.32 Å². The van der Waals surface area contributed by atoms with E-state index in [-0.39, 0.29) is 11.9 Å². The number of hydrogen-bond donors (Lipinski definition) is 1. The van der Waals surface area contributed by atoms with Crippen molar-refractivity contribution in [2.45, 2.75) is 19.4 Å². The molecule has 0 aliphatic carbocycles. The second kappa shape index (κ2) is 5.02. The third kappa shape index (κ3) is 2.19. The number of rotatable bonds is 1. The minimum absolute atomic E-state index is 0.183. The average molecular weight is 280 g/mol. The Morgan fingerprint density at radius 1 is 1.42 bits per heavy atom. The lowest BCUT2D eigenvalue weighted by molar-refractivity contribution is -0.118. The Bertz CT molecular complexity index is 505. The maximum atomic E-state index is 12.4. The first-order valence-corrected chi connectivity index (χ1v) is 7.15. The zero-order valence-corrected chi connectivity index (χ0v) is 11.8. The van der Waals surface area contributed by atoms with Gasteiger partial charge >= 0.3 is 0 Å². The third-order valence-electron chi connectivity index (χ3n) is 3.92. The SMILES string of the molecule is CCN1C(=O)CC2CNCCN2c2ccc(Cl)cc21. The van der Waals surface area contributed by atoms with Gasteiger partial charge in [-0.3, -0.25) is 4.79 Å². The molecule has 1 atom stereocenters. The van der Waals surface area contributed by atoms with E-state index in [0.29, 0.717) is 18.0 Å². The summed E-state index contributed by atoms with van der Waals surface area (Å²) in [6.07, 6.45) is 0.563. The second-order valence-electron chi connectivity index (χ2n) is 5.03. The molecule has 1 fully saturated rings. The lowest BCUT2D eigenvalue weighted by Crippen LogP contribution is -2.51. The van der Waals surface area contributed by atoms with Crippen LogP contribution in [0, 0.1) is 0 Å². The number of amides is 1. The molecule has 0 bridgehead atoms. The Morgan fingerprint density at radius 2 is 2.26 bits per heavy atom. The molecule has 102 valence electrons. The van der Waals surface area contributed by atoms with Crippen molar-refractivity contribution >= 4 is 28.9 Å². The van der Waals surface area contributed by atoms with Gasteiger partial charge in [-0.1, -0.05) is 11.6 Å². The Hall–Kier alpha value is -1.26. The third-order valence-corrected chi connectivity index (χ3v) is 4.15. The lowest BCUT2D eigenvalue weighted by atomic mass is 10.1. The number of benzene rings is 1. The van der Waals surface area contributed by atoms with Gasteiger partial charge in [0.2, 0.25) is 5.91 Å². The highest BCUT2D eigenvalue weighted by Gasteiger charge is 2.33. The zero-order valence-electron chi connectivity index (χ0n) is 11.0. The summed E-state index contributed by atoms with van der Waals surface area (Å²) in [5.74, 6) is 0.183. The van der Waals surface area contributed by atoms with Crippen molar-refractivity contribution in [3.8, 4) is 0 Å². The first-order chi connectivity index (χ1) is 9.20. The molecule has 2 aliphatic rings. The number of piperazine rings is 1. The van der Waals surface area contributed by atoms with Crippen LogP contribution in [0.5, 0.6) is 0 Å².